The largest absolute Gasteiger partial charge is 0.522 e. The molecule has 102 valence electrons. The summed E-state index contributed by atoms with van der Waals surface area (Å²) in [7, 11) is 1.46. The summed E-state index contributed by atoms with van der Waals surface area (Å²) in [6.45, 7) is -0.767. The lowest BCUT2D eigenvalue weighted by molar-refractivity contribution is -0.325. The van der Waals surface area contributed by atoms with Crippen LogP contribution in [0.5, 0.6) is 11.5 Å². The molecule has 1 aromatic rings. The number of halogens is 4. The average molecular weight is 329 g/mol. The van der Waals surface area contributed by atoms with Crippen LogP contribution < -0.4 is 9.47 Å². The zero-order chi connectivity index (χ0) is 13.6. The predicted octanol–water partition coefficient (Wildman–Crippen LogP) is 3.51. The molecule has 0 heterocycles. The molecule has 0 spiro atoms. The fraction of sp³-hybridized carbons (Fsp3) is 0.455. The molecular formula is C11H12BrF3O3. The topological polar surface area (TPSA) is 27.7 Å². The number of hydrogen-bond donors (Lipinski definition) is 0. The van der Waals surface area contributed by atoms with Crippen LogP contribution in [0.15, 0.2) is 18.2 Å². The fourth-order valence-electron chi connectivity index (χ4n) is 1.22. The van der Waals surface area contributed by atoms with E-state index in [9.17, 15) is 13.2 Å². The number of benzene rings is 1. The van der Waals surface area contributed by atoms with Gasteiger partial charge in [0.25, 0.3) is 0 Å². The number of rotatable bonds is 6. The third-order valence-electron chi connectivity index (χ3n) is 1.99. The summed E-state index contributed by atoms with van der Waals surface area (Å²) >= 11 is 3.29. The van der Waals surface area contributed by atoms with Gasteiger partial charge in [-0.2, -0.15) is 0 Å². The maximum atomic E-state index is 11.7. The van der Waals surface area contributed by atoms with E-state index in [1.807, 2.05) is 0 Å². The van der Waals surface area contributed by atoms with E-state index >= 15 is 0 Å². The van der Waals surface area contributed by atoms with Gasteiger partial charge in [0.1, 0.15) is 6.61 Å². The van der Waals surface area contributed by atoms with Gasteiger partial charge in [0, 0.05) is 5.33 Å². The maximum absolute atomic E-state index is 11.7. The highest BCUT2D eigenvalue weighted by molar-refractivity contribution is 9.08. The molecule has 0 saturated carbocycles. The first-order valence-corrected chi connectivity index (χ1v) is 6.15. The minimum atomic E-state index is -4.63. The Morgan fingerprint density at radius 1 is 1.17 bits per heavy atom. The van der Waals surface area contributed by atoms with E-state index in [0.29, 0.717) is 16.8 Å². The highest BCUT2D eigenvalue weighted by atomic mass is 79.9. The van der Waals surface area contributed by atoms with Crippen LogP contribution in [0.3, 0.4) is 0 Å². The summed E-state index contributed by atoms with van der Waals surface area (Å²) in [5.41, 5.74) is 0.978. The minimum absolute atomic E-state index is 0.205. The summed E-state index contributed by atoms with van der Waals surface area (Å²) < 4.78 is 49.0. The molecule has 0 aliphatic rings. The third-order valence-corrected chi connectivity index (χ3v) is 2.64. The Balaban J connectivity index is 2.51. The van der Waals surface area contributed by atoms with Crippen LogP contribution in [0.2, 0.25) is 0 Å². The van der Waals surface area contributed by atoms with Crippen molar-refractivity contribution in [1.29, 1.82) is 0 Å². The molecule has 0 aliphatic carbocycles. The van der Waals surface area contributed by atoms with Crippen molar-refractivity contribution in [2.45, 2.75) is 11.7 Å². The Bertz CT molecular complexity index is 382. The lowest BCUT2D eigenvalue weighted by Gasteiger charge is -2.12. The summed E-state index contributed by atoms with van der Waals surface area (Å²) in [4.78, 5) is 0. The molecule has 0 saturated heterocycles. The molecule has 1 rings (SSSR count). The smallest absolute Gasteiger partial charge is 0.493 e. The van der Waals surface area contributed by atoms with Crippen LogP contribution in [-0.2, 0) is 10.1 Å². The van der Waals surface area contributed by atoms with Crippen LogP contribution in [0.4, 0.5) is 13.2 Å². The van der Waals surface area contributed by atoms with Crippen molar-refractivity contribution in [1.82, 2.24) is 0 Å². The Labute approximate surface area is 111 Å². The molecule has 1 aromatic carbocycles. The molecule has 18 heavy (non-hydrogen) atoms. The lowest BCUT2D eigenvalue weighted by atomic mass is 10.2. The van der Waals surface area contributed by atoms with Crippen molar-refractivity contribution >= 4 is 15.9 Å². The standard InChI is InChI=1S/C11H12BrF3O3/c1-16-10-6-8(7-12)2-3-9(10)17-4-5-18-11(13,14)15/h2-3,6H,4-5,7H2,1H3. The first-order chi connectivity index (χ1) is 8.46. The number of alkyl halides is 4. The number of hydrogen-bond acceptors (Lipinski definition) is 3. The Kier molecular flexibility index (Phi) is 5.74. The quantitative estimate of drug-likeness (QED) is 0.591. The van der Waals surface area contributed by atoms with Gasteiger partial charge in [-0.25, -0.2) is 0 Å². The molecule has 7 heteroatoms. The van der Waals surface area contributed by atoms with Gasteiger partial charge in [0.05, 0.1) is 13.7 Å². The van der Waals surface area contributed by atoms with E-state index in [2.05, 4.69) is 20.7 Å². The fourth-order valence-corrected chi connectivity index (χ4v) is 1.57. The van der Waals surface area contributed by atoms with E-state index in [1.54, 1.807) is 18.2 Å². The Hall–Kier alpha value is -0.950. The normalized spacial score (nSPS) is 11.4. The number of methoxy groups -OCH3 is 1. The summed E-state index contributed by atoms with van der Waals surface area (Å²) in [6, 6.07) is 5.18. The second-order valence-electron chi connectivity index (χ2n) is 3.26. The molecule has 0 unspecified atom stereocenters. The molecule has 0 bridgehead atoms. The molecule has 0 radical (unpaired) electrons. The first-order valence-electron chi connectivity index (χ1n) is 5.02. The van der Waals surface area contributed by atoms with E-state index in [4.69, 9.17) is 9.47 Å². The van der Waals surface area contributed by atoms with Gasteiger partial charge in [-0.1, -0.05) is 22.0 Å². The molecule has 0 fully saturated rings. The molecular weight excluding hydrogens is 317 g/mol. The summed E-state index contributed by atoms with van der Waals surface area (Å²) in [5.74, 6) is 0.854. The van der Waals surface area contributed by atoms with Crippen LogP contribution in [0, 0.1) is 0 Å². The molecule has 0 aliphatic heterocycles. The molecule has 0 N–H and O–H groups in total. The highest BCUT2D eigenvalue weighted by Crippen LogP contribution is 2.28. The van der Waals surface area contributed by atoms with Gasteiger partial charge < -0.3 is 9.47 Å². The van der Waals surface area contributed by atoms with Gasteiger partial charge in [0.2, 0.25) is 0 Å². The zero-order valence-electron chi connectivity index (χ0n) is 9.59. The van der Waals surface area contributed by atoms with E-state index in [0.717, 1.165) is 5.56 Å². The van der Waals surface area contributed by atoms with Crippen molar-refractivity contribution in [3.8, 4) is 11.5 Å². The van der Waals surface area contributed by atoms with E-state index in [1.165, 1.54) is 7.11 Å². The van der Waals surface area contributed by atoms with Gasteiger partial charge in [0.15, 0.2) is 11.5 Å². The van der Waals surface area contributed by atoms with Crippen molar-refractivity contribution in [2.24, 2.45) is 0 Å². The van der Waals surface area contributed by atoms with Gasteiger partial charge in [-0.3, -0.25) is 4.74 Å². The summed E-state index contributed by atoms with van der Waals surface area (Å²) in [6.07, 6.45) is -4.63. The minimum Gasteiger partial charge on any atom is -0.493 e. The first kappa shape index (κ1) is 15.1. The zero-order valence-corrected chi connectivity index (χ0v) is 11.2. The maximum Gasteiger partial charge on any atom is 0.522 e. The lowest BCUT2D eigenvalue weighted by Crippen LogP contribution is -2.18. The van der Waals surface area contributed by atoms with Gasteiger partial charge in [-0.15, -0.1) is 13.2 Å². The van der Waals surface area contributed by atoms with E-state index < -0.39 is 13.0 Å². The molecule has 0 aromatic heterocycles. The second kappa shape index (κ2) is 6.84. The molecule has 0 atom stereocenters. The SMILES string of the molecule is COc1cc(CBr)ccc1OCCOC(F)(F)F. The van der Waals surface area contributed by atoms with Crippen molar-refractivity contribution < 1.29 is 27.4 Å². The van der Waals surface area contributed by atoms with Crippen molar-refractivity contribution in [3.63, 3.8) is 0 Å². The average Bonchev–Trinajstić information content (AvgIpc) is 2.33. The van der Waals surface area contributed by atoms with Crippen LogP contribution >= 0.6 is 15.9 Å². The Morgan fingerprint density at radius 2 is 1.89 bits per heavy atom. The third kappa shape index (κ3) is 5.14. The van der Waals surface area contributed by atoms with Crippen molar-refractivity contribution in [3.05, 3.63) is 23.8 Å². The highest BCUT2D eigenvalue weighted by Gasteiger charge is 2.28. The number of ether oxygens (including phenoxy) is 3. The molecule has 3 nitrogen and oxygen atoms in total. The summed E-state index contributed by atoms with van der Waals surface area (Å²) in [5, 5.41) is 0.654. The monoisotopic (exact) mass is 328 g/mol. The molecule has 0 amide bonds. The van der Waals surface area contributed by atoms with Gasteiger partial charge >= 0.3 is 6.36 Å². The van der Waals surface area contributed by atoms with Gasteiger partial charge in [-0.05, 0) is 17.7 Å². The second-order valence-corrected chi connectivity index (χ2v) is 3.82. The van der Waals surface area contributed by atoms with Crippen LogP contribution in [0.25, 0.3) is 0 Å². The van der Waals surface area contributed by atoms with Crippen LogP contribution in [-0.4, -0.2) is 26.7 Å². The Morgan fingerprint density at radius 3 is 2.44 bits per heavy atom. The van der Waals surface area contributed by atoms with Crippen molar-refractivity contribution in [2.75, 3.05) is 20.3 Å². The van der Waals surface area contributed by atoms with E-state index in [-0.39, 0.29) is 6.61 Å². The predicted molar refractivity (Wildman–Crippen MR) is 63.1 cm³/mol. The van der Waals surface area contributed by atoms with Crippen LogP contribution in [0.1, 0.15) is 5.56 Å².